The van der Waals surface area contributed by atoms with Crippen molar-refractivity contribution in [2.24, 2.45) is 10.7 Å². The van der Waals surface area contributed by atoms with Gasteiger partial charge in [-0.15, -0.1) is 24.8 Å². The topological polar surface area (TPSA) is 79.5 Å². The number of nitrogens with two attached hydrogens (primary N) is 1. The average Bonchev–Trinajstić information content (AvgIpc) is 2.29. The number of hydrogen-bond acceptors (Lipinski definition) is 4. The molecule has 1 fully saturated rings. The molecule has 1 spiro atoms. The smallest absolute Gasteiger partial charge is 0.254 e. The number of piperidine rings is 1. The monoisotopic (exact) mass is 240 g/mol. The second-order valence-electron chi connectivity index (χ2n) is 3.23. The first-order valence-corrected chi connectivity index (χ1v) is 4.10. The summed E-state index contributed by atoms with van der Waals surface area (Å²) in [6, 6.07) is 0. The van der Waals surface area contributed by atoms with Gasteiger partial charge in [0.25, 0.3) is 5.91 Å². The minimum atomic E-state index is -0.546. The van der Waals surface area contributed by atoms with Gasteiger partial charge in [-0.25, -0.2) is 4.99 Å². The van der Waals surface area contributed by atoms with Crippen molar-refractivity contribution in [3.8, 4) is 0 Å². The van der Waals surface area contributed by atoms with Crippen molar-refractivity contribution in [2.45, 2.75) is 18.4 Å². The number of hydrogen-bond donors (Lipinski definition) is 3. The molecule has 0 bridgehead atoms. The van der Waals surface area contributed by atoms with Crippen LogP contribution in [0.2, 0.25) is 0 Å². The number of carbonyl (C=O) groups excluding carboxylic acids is 1. The summed E-state index contributed by atoms with van der Waals surface area (Å²) in [7, 11) is 0. The first kappa shape index (κ1) is 13.5. The Morgan fingerprint density at radius 3 is 2.29 bits per heavy atom. The lowest BCUT2D eigenvalue weighted by molar-refractivity contribution is -0.124. The molecule has 7 heteroatoms. The fourth-order valence-corrected chi connectivity index (χ4v) is 1.72. The van der Waals surface area contributed by atoms with Crippen LogP contribution in [-0.4, -0.2) is 30.5 Å². The minimum absolute atomic E-state index is 0. The van der Waals surface area contributed by atoms with Gasteiger partial charge in [0.1, 0.15) is 5.54 Å². The predicted octanol–water partition coefficient (Wildman–Crippen LogP) is -0.603. The van der Waals surface area contributed by atoms with Crippen molar-refractivity contribution in [3.05, 3.63) is 0 Å². The van der Waals surface area contributed by atoms with Gasteiger partial charge < -0.3 is 11.1 Å². The van der Waals surface area contributed by atoms with Crippen LogP contribution in [0.25, 0.3) is 0 Å². The molecule has 1 saturated heterocycles. The van der Waals surface area contributed by atoms with Crippen molar-refractivity contribution in [1.29, 1.82) is 0 Å². The van der Waals surface area contributed by atoms with E-state index < -0.39 is 5.54 Å². The van der Waals surface area contributed by atoms with Gasteiger partial charge in [-0.2, -0.15) is 0 Å². The minimum Gasteiger partial charge on any atom is -0.370 e. The number of aliphatic imine (C=N–C) groups is 1. The Hall–Kier alpha value is -0.520. The molecule has 0 aromatic carbocycles. The molecule has 0 saturated carbocycles. The summed E-state index contributed by atoms with van der Waals surface area (Å²) in [4.78, 5) is 15.6. The molecule has 82 valence electrons. The lowest BCUT2D eigenvalue weighted by Crippen LogP contribution is -2.47. The Labute approximate surface area is 94.7 Å². The van der Waals surface area contributed by atoms with Crippen molar-refractivity contribution < 1.29 is 4.79 Å². The quantitative estimate of drug-likeness (QED) is 0.529. The second-order valence-corrected chi connectivity index (χ2v) is 3.23. The Morgan fingerprint density at radius 1 is 1.29 bits per heavy atom. The summed E-state index contributed by atoms with van der Waals surface area (Å²) in [5.41, 5.74) is 4.88. The zero-order chi connectivity index (χ0) is 8.60. The highest BCUT2D eigenvalue weighted by Gasteiger charge is 2.43. The second kappa shape index (κ2) is 4.82. The molecule has 0 aromatic heterocycles. The van der Waals surface area contributed by atoms with Gasteiger partial charge in [-0.3, -0.25) is 10.1 Å². The first-order valence-electron chi connectivity index (χ1n) is 4.10. The Balaban J connectivity index is 0.000000845. The number of nitrogens with one attached hydrogen (secondary N) is 2. The molecule has 0 atom stereocenters. The van der Waals surface area contributed by atoms with Crippen LogP contribution in [0.4, 0.5) is 0 Å². The van der Waals surface area contributed by atoms with Crippen molar-refractivity contribution in [2.75, 3.05) is 13.1 Å². The van der Waals surface area contributed by atoms with Crippen LogP contribution in [-0.2, 0) is 4.79 Å². The van der Waals surface area contributed by atoms with E-state index in [0.717, 1.165) is 25.9 Å². The van der Waals surface area contributed by atoms with Crippen molar-refractivity contribution >= 4 is 36.7 Å². The van der Waals surface area contributed by atoms with Crippen LogP contribution in [0.1, 0.15) is 12.8 Å². The lowest BCUT2D eigenvalue weighted by atomic mass is 9.89. The third-order valence-corrected chi connectivity index (χ3v) is 2.43. The van der Waals surface area contributed by atoms with E-state index >= 15 is 0 Å². The molecular formula is C7H14Cl2N4O. The molecule has 1 amide bonds. The Kier molecular flexibility index (Phi) is 4.64. The van der Waals surface area contributed by atoms with Crippen LogP contribution in [0.5, 0.6) is 0 Å². The number of rotatable bonds is 0. The molecule has 14 heavy (non-hydrogen) atoms. The fraction of sp³-hybridized carbons (Fsp3) is 0.714. The molecule has 0 unspecified atom stereocenters. The summed E-state index contributed by atoms with van der Waals surface area (Å²) >= 11 is 0. The van der Waals surface area contributed by atoms with E-state index in [2.05, 4.69) is 15.6 Å². The van der Waals surface area contributed by atoms with Gasteiger partial charge in [0.15, 0.2) is 5.96 Å². The highest BCUT2D eigenvalue weighted by atomic mass is 35.5. The molecule has 2 rings (SSSR count). The SMILES string of the molecule is Cl.Cl.NC1=NC2(CCNCC2)C(=O)N1. The normalized spacial score (nSPS) is 23.1. The maximum Gasteiger partial charge on any atom is 0.254 e. The highest BCUT2D eigenvalue weighted by molar-refractivity contribution is 6.06. The summed E-state index contributed by atoms with van der Waals surface area (Å²) in [6.45, 7) is 1.67. The van der Waals surface area contributed by atoms with Crippen LogP contribution in [0.3, 0.4) is 0 Å². The zero-order valence-electron chi connectivity index (χ0n) is 7.58. The summed E-state index contributed by atoms with van der Waals surface area (Å²) in [5, 5.41) is 5.72. The van der Waals surface area contributed by atoms with Gasteiger partial charge in [0.05, 0.1) is 0 Å². The van der Waals surface area contributed by atoms with E-state index in [9.17, 15) is 4.79 Å². The summed E-state index contributed by atoms with van der Waals surface area (Å²) in [6.07, 6.45) is 1.50. The molecular weight excluding hydrogens is 227 g/mol. The maximum atomic E-state index is 11.4. The van der Waals surface area contributed by atoms with Crippen LogP contribution in [0, 0.1) is 0 Å². The average molecular weight is 241 g/mol. The number of amides is 1. The van der Waals surface area contributed by atoms with Gasteiger partial charge in [-0.05, 0) is 25.9 Å². The van der Waals surface area contributed by atoms with Gasteiger partial charge in [-0.1, -0.05) is 0 Å². The molecule has 2 aliphatic heterocycles. The summed E-state index contributed by atoms with van der Waals surface area (Å²) in [5.74, 6) is 0.225. The fourth-order valence-electron chi connectivity index (χ4n) is 1.72. The molecule has 0 radical (unpaired) electrons. The van der Waals surface area contributed by atoms with E-state index in [0.29, 0.717) is 0 Å². The molecule has 5 nitrogen and oxygen atoms in total. The molecule has 2 heterocycles. The highest BCUT2D eigenvalue weighted by Crippen LogP contribution is 2.25. The molecule has 4 N–H and O–H groups in total. The van der Waals surface area contributed by atoms with Crippen molar-refractivity contribution in [3.63, 3.8) is 0 Å². The number of halogens is 2. The summed E-state index contributed by atoms with van der Waals surface area (Å²) < 4.78 is 0. The van der Waals surface area contributed by atoms with Crippen LogP contribution in [0.15, 0.2) is 4.99 Å². The largest absolute Gasteiger partial charge is 0.370 e. The number of guanidine groups is 1. The van der Waals surface area contributed by atoms with Gasteiger partial charge in [0, 0.05) is 0 Å². The first-order chi connectivity index (χ1) is 5.73. The third kappa shape index (κ3) is 2.10. The third-order valence-electron chi connectivity index (χ3n) is 2.43. The van der Waals surface area contributed by atoms with Gasteiger partial charge in [0.2, 0.25) is 0 Å². The van der Waals surface area contributed by atoms with Crippen molar-refractivity contribution in [1.82, 2.24) is 10.6 Å². The zero-order valence-corrected chi connectivity index (χ0v) is 9.21. The number of carbonyl (C=O) groups is 1. The predicted molar refractivity (Wildman–Crippen MR) is 59.1 cm³/mol. The van der Waals surface area contributed by atoms with Crippen LogP contribution >= 0.6 is 24.8 Å². The standard InChI is InChI=1S/C7H12N4O.2ClH/c8-6-10-5(12)7(11-6)1-3-9-4-2-7;;/h9H,1-4H2,(H3,8,10,11,12);2*1H. The Bertz CT molecular complexity index is 250. The number of nitrogens with zero attached hydrogens (tertiary/aromatic N) is 1. The van der Waals surface area contributed by atoms with E-state index in [4.69, 9.17) is 5.73 Å². The van der Waals surface area contributed by atoms with E-state index in [1.807, 2.05) is 0 Å². The van der Waals surface area contributed by atoms with Gasteiger partial charge >= 0.3 is 0 Å². The maximum absolute atomic E-state index is 11.4. The van der Waals surface area contributed by atoms with E-state index in [1.54, 1.807) is 0 Å². The molecule has 0 aromatic rings. The van der Waals surface area contributed by atoms with E-state index in [1.165, 1.54) is 0 Å². The molecule has 2 aliphatic rings. The molecule has 0 aliphatic carbocycles. The van der Waals surface area contributed by atoms with E-state index in [-0.39, 0.29) is 36.7 Å². The Morgan fingerprint density at radius 2 is 1.86 bits per heavy atom. The van der Waals surface area contributed by atoms with Crippen LogP contribution < -0.4 is 16.4 Å². The lowest BCUT2D eigenvalue weighted by Gasteiger charge is -2.27.